The minimum Gasteiger partial charge on any atom is -0.347 e. The van der Waals surface area contributed by atoms with Crippen molar-refractivity contribution >= 4 is 22.9 Å². The summed E-state index contributed by atoms with van der Waals surface area (Å²) in [5, 5.41) is 17.8. The Balaban J connectivity index is 1.25. The third-order valence-corrected chi connectivity index (χ3v) is 5.91. The fourth-order valence-corrected chi connectivity index (χ4v) is 4.12. The van der Waals surface area contributed by atoms with Crippen LogP contribution in [-0.4, -0.2) is 31.8 Å². The van der Waals surface area contributed by atoms with Crippen LogP contribution in [0.5, 0.6) is 0 Å². The maximum atomic E-state index is 13.1. The average Bonchev–Trinajstić information content (AvgIpc) is 3.53. The number of halogens is 1. The molecule has 30 heavy (non-hydrogen) atoms. The van der Waals surface area contributed by atoms with Crippen LogP contribution >= 0.6 is 11.3 Å². The Labute approximate surface area is 175 Å². The van der Waals surface area contributed by atoms with Gasteiger partial charge in [0, 0.05) is 6.04 Å². The molecule has 2 atom stereocenters. The molecule has 1 aromatic carbocycles. The molecule has 4 aromatic rings. The summed E-state index contributed by atoms with van der Waals surface area (Å²) in [5.74, 6) is 0.117. The fraction of sp³-hybridized carbons (Fsp3) is 0.200. The van der Waals surface area contributed by atoms with Crippen molar-refractivity contribution in [2.75, 3.05) is 0 Å². The second-order valence-electron chi connectivity index (χ2n) is 6.98. The molecule has 152 valence electrons. The van der Waals surface area contributed by atoms with Gasteiger partial charge in [-0.25, -0.2) is 15.2 Å². The molecule has 0 spiro atoms. The highest BCUT2D eigenvalue weighted by molar-refractivity contribution is 7.13. The van der Waals surface area contributed by atoms with Gasteiger partial charge in [-0.15, -0.1) is 21.5 Å². The van der Waals surface area contributed by atoms with Crippen LogP contribution in [0.1, 0.15) is 23.9 Å². The summed E-state index contributed by atoms with van der Waals surface area (Å²) in [6, 6.07) is 13.5. The van der Waals surface area contributed by atoms with Crippen LogP contribution in [0.15, 0.2) is 53.9 Å². The number of benzene rings is 1. The number of carbonyl (C=O) groups is 1. The van der Waals surface area contributed by atoms with Gasteiger partial charge in [-0.3, -0.25) is 4.79 Å². The van der Waals surface area contributed by atoms with E-state index in [9.17, 15) is 9.18 Å². The summed E-state index contributed by atoms with van der Waals surface area (Å²) >= 11 is 1.60. The van der Waals surface area contributed by atoms with Crippen molar-refractivity contribution in [1.82, 2.24) is 36.0 Å². The van der Waals surface area contributed by atoms with Gasteiger partial charge < -0.3 is 5.32 Å². The van der Waals surface area contributed by atoms with E-state index < -0.39 is 6.04 Å². The van der Waals surface area contributed by atoms with Crippen LogP contribution in [-0.2, 0) is 11.3 Å². The molecule has 0 saturated carbocycles. The molecular formula is C20H18FN7OS. The van der Waals surface area contributed by atoms with E-state index in [2.05, 4.69) is 31.5 Å². The van der Waals surface area contributed by atoms with E-state index in [0.717, 1.165) is 16.1 Å². The Bertz CT molecular complexity index is 1180. The van der Waals surface area contributed by atoms with Crippen molar-refractivity contribution < 1.29 is 9.18 Å². The summed E-state index contributed by atoms with van der Waals surface area (Å²) in [7, 11) is 0. The normalized spacial score (nSPS) is 18.7. The smallest absolute Gasteiger partial charge is 0.238 e. The van der Waals surface area contributed by atoms with Crippen LogP contribution in [0.3, 0.4) is 0 Å². The van der Waals surface area contributed by atoms with Crippen molar-refractivity contribution in [2.45, 2.75) is 25.0 Å². The zero-order valence-corrected chi connectivity index (χ0v) is 16.6. The number of hydrazine groups is 1. The summed E-state index contributed by atoms with van der Waals surface area (Å²) < 4.78 is 14.8. The number of fused-ring (bicyclic) bond motifs is 1. The highest BCUT2D eigenvalue weighted by atomic mass is 32.1. The molecule has 4 heterocycles. The van der Waals surface area contributed by atoms with Crippen molar-refractivity contribution in [3.63, 3.8) is 0 Å². The zero-order valence-electron chi connectivity index (χ0n) is 15.7. The quantitative estimate of drug-likeness (QED) is 0.456. The minimum atomic E-state index is -0.408. The number of rotatable bonds is 5. The van der Waals surface area contributed by atoms with Crippen LogP contribution in [0.2, 0.25) is 0 Å². The Morgan fingerprint density at radius 3 is 2.83 bits per heavy atom. The minimum absolute atomic E-state index is 0.0645. The molecule has 3 N–H and O–H groups in total. The second-order valence-corrected chi connectivity index (χ2v) is 7.93. The summed E-state index contributed by atoms with van der Waals surface area (Å²) in [6.45, 7) is 0.209. The Morgan fingerprint density at radius 2 is 2.03 bits per heavy atom. The highest BCUT2D eigenvalue weighted by Gasteiger charge is 2.30. The number of nitrogens with one attached hydrogen (secondary N) is 3. The maximum absolute atomic E-state index is 13.1. The van der Waals surface area contributed by atoms with Gasteiger partial charge in [-0.1, -0.05) is 18.2 Å². The first-order chi connectivity index (χ1) is 14.7. The maximum Gasteiger partial charge on any atom is 0.238 e. The third-order valence-electron chi connectivity index (χ3n) is 5.01. The first kappa shape index (κ1) is 18.8. The van der Waals surface area contributed by atoms with Crippen molar-refractivity contribution in [3.8, 4) is 10.6 Å². The third kappa shape index (κ3) is 3.67. The standard InChI is InChI=1S/C20H18FN7OS/c21-13-5-3-12(4-6-13)15-10-16(24-23-15)20(29)22-11-19-26-25-18-8-7-14(27-28(18)19)17-2-1-9-30-17/h1-9,15-16,23-24H,10-11H2,(H,22,29). The van der Waals surface area contributed by atoms with Gasteiger partial charge >= 0.3 is 0 Å². The van der Waals surface area contributed by atoms with Gasteiger partial charge in [0.2, 0.25) is 5.91 Å². The molecule has 0 aliphatic carbocycles. The van der Waals surface area contributed by atoms with E-state index in [-0.39, 0.29) is 24.3 Å². The van der Waals surface area contributed by atoms with Gasteiger partial charge in [0.15, 0.2) is 11.5 Å². The number of nitrogens with zero attached hydrogens (tertiary/aromatic N) is 4. The first-order valence-electron chi connectivity index (χ1n) is 9.47. The van der Waals surface area contributed by atoms with E-state index in [1.54, 1.807) is 28.0 Å². The first-order valence-corrected chi connectivity index (χ1v) is 10.3. The van der Waals surface area contributed by atoms with Crippen LogP contribution in [0.25, 0.3) is 16.2 Å². The Kier molecular flexibility index (Phi) is 4.95. The number of thiophene rings is 1. The molecule has 0 bridgehead atoms. The van der Waals surface area contributed by atoms with E-state index in [1.807, 2.05) is 29.6 Å². The molecule has 3 aromatic heterocycles. The largest absolute Gasteiger partial charge is 0.347 e. The number of hydrogen-bond donors (Lipinski definition) is 3. The molecular weight excluding hydrogens is 405 g/mol. The lowest BCUT2D eigenvalue weighted by atomic mass is 10.0. The van der Waals surface area contributed by atoms with Gasteiger partial charge in [-0.2, -0.15) is 9.61 Å². The molecule has 1 aliphatic heterocycles. The molecule has 1 amide bonds. The topological polar surface area (TPSA) is 96.2 Å². The van der Waals surface area contributed by atoms with Gasteiger partial charge in [0.1, 0.15) is 17.6 Å². The summed E-state index contributed by atoms with van der Waals surface area (Å²) in [4.78, 5) is 13.7. The summed E-state index contributed by atoms with van der Waals surface area (Å²) in [6.07, 6.45) is 0.554. The molecule has 1 saturated heterocycles. The van der Waals surface area contributed by atoms with Crippen LogP contribution in [0, 0.1) is 5.82 Å². The lowest BCUT2D eigenvalue weighted by Gasteiger charge is -2.10. The van der Waals surface area contributed by atoms with E-state index in [1.165, 1.54) is 12.1 Å². The predicted octanol–water partition coefficient (Wildman–Crippen LogP) is 2.22. The van der Waals surface area contributed by atoms with Gasteiger partial charge in [-0.05, 0) is 47.7 Å². The van der Waals surface area contributed by atoms with Crippen LogP contribution < -0.4 is 16.2 Å². The zero-order chi connectivity index (χ0) is 20.5. The van der Waals surface area contributed by atoms with Crippen molar-refractivity contribution in [3.05, 3.63) is 71.1 Å². The number of hydrogen-bond acceptors (Lipinski definition) is 7. The lowest BCUT2D eigenvalue weighted by molar-refractivity contribution is -0.123. The average molecular weight is 423 g/mol. The van der Waals surface area contributed by atoms with Gasteiger partial charge in [0.05, 0.1) is 11.4 Å². The van der Waals surface area contributed by atoms with Gasteiger partial charge in [0.25, 0.3) is 0 Å². The Hall–Kier alpha value is -3.21. The van der Waals surface area contributed by atoms with Crippen LogP contribution in [0.4, 0.5) is 4.39 Å². The predicted molar refractivity (Wildman–Crippen MR) is 110 cm³/mol. The van der Waals surface area contributed by atoms with E-state index >= 15 is 0 Å². The summed E-state index contributed by atoms with van der Waals surface area (Å²) in [5.41, 5.74) is 8.47. The van der Waals surface area contributed by atoms with E-state index in [4.69, 9.17) is 0 Å². The van der Waals surface area contributed by atoms with E-state index in [0.29, 0.717) is 17.9 Å². The SMILES string of the molecule is O=C(NCc1nnc2ccc(-c3cccs3)nn12)C1CC(c2ccc(F)cc2)NN1. The Morgan fingerprint density at radius 1 is 1.17 bits per heavy atom. The number of aromatic nitrogens is 4. The molecule has 0 radical (unpaired) electrons. The molecule has 2 unspecified atom stereocenters. The molecule has 10 heteroatoms. The number of amides is 1. The van der Waals surface area contributed by atoms with Crippen molar-refractivity contribution in [1.29, 1.82) is 0 Å². The highest BCUT2D eigenvalue weighted by Crippen LogP contribution is 2.23. The fourth-order valence-electron chi connectivity index (χ4n) is 3.43. The molecule has 1 fully saturated rings. The monoisotopic (exact) mass is 423 g/mol. The lowest BCUT2D eigenvalue weighted by Crippen LogP contribution is -2.43. The molecule has 5 rings (SSSR count). The van der Waals surface area contributed by atoms with Crippen molar-refractivity contribution in [2.24, 2.45) is 0 Å². The molecule has 1 aliphatic rings. The second kappa shape index (κ2) is 7.90. The molecule has 8 nitrogen and oxygen atoms in total. The number of carbonyl (C=O) groups excluding carboxylic acids is 1.